The number of pyridine rings is 1. The van der Waals surface area contributed by atoms with Crippen LogP contribution in [0.4, 0.5) is 10.2 Å². The van der Waals surface area contributed by atoms with E-state index in [1.807, 2.05) is 19.1 Å². The Bertz CT molecular complexity index is 1140. The second-order valence-corrected chi connectivity index (χ2v) is 7.23. The van der Waals surface area contributed by atoms with Crippen LogP contribution in [-0.4, -0.2) is 25.5 Å². The number of nitriles is 1. The lowest BCUT2D eigenvalue weighted by Crippen LogP contribution is -2.30. The molecular weight excluding hydrogens is 373 g/mol. The third-order valence-corrected chi connectivity index (χ3v) is 5.13. The van der Waals surface area contributed by atoms with E-state index < -0.39 is 23.4 Å². The predicted octanol–water partition coefficient (Wildman–Crippen LogP) is 2.81. The molecule has 0 radical (unpaired) electrons. The normalized spacial score (nSPS) is 20.1. The molecule has 2 aromatic heterocycles. The number of hydrogen-bond acceptors (Lipinski definition) is 5. The smallest absolute Gasteiger partial charge is 0.228 e. The maximum atomic E-state index is 14.6. The van der Waals surface area contributed by atoms with Crippen LogP contribution in [0, 0.1) is 24.1 Å². The van der Waals surface area contributed by atoms with Crippen LogP contribution in [0.5, 0.6) is 0 Å². The van der Waals surface area contributed by atoms with Gasteiger partial charge in [0.15, 0.2) is 0 Å². The number of benzene rings is 1. The fraction of sp³-hybridized carbons (Fsp3) is 0.238. The molecule has 29 heavy (non-hydrogen) atoms. The number of amides is 1. The number of aromatic nitrogens is 3. The molecule has 0 aliphatic carbocycles. The van der Waals surface area contributed by atoms with Gasteiger partial charge in [-0.05, 0) is 36.8 Å². The van der Waals surface area contributed by atoms with Gasteiger partial charge in [-0.3, -0.25) is 4.79 Å². The molecule has 1 amide bonds. The van der Waals surface area contributed by atoms with E-state index >= 15 is 0 Å². The fourth-order valence-electron chi connectivity index (χ4n) is 3.78. The number of anilines is 1. The molecule has 146 valence electrons. The molecule has 7 nitrogen and oxygen atoms in total. The molecule has 2 atom stereocenters. The molecule has 3 heterocycles. The SMILES string of the molecule is Cc1ccnc(NC(=O)CC2(O)CC(c3ccc(C#N)cc3F)n3cncc32)c1. The number of aliphatic hydroxyl groups is 1. The van der Waals surface area contributed by atoms with E-state index in [9.17, 15) is 14.3 Å². The van der Waals surface area contributed by atoms with Crippen LogP contribution in [0.3, 0.4) is 0 Å². The van der Waals surface area contributed by atoms with Crippen molar-refractivity contribution in [3.63, 3.8) is 0 Å². The standard InChI is InChI=1S/C21H18FN5O2/c1-13-4-5-25-19(6-13)26-20(28)9-21(29)8-17(27-12-24-11-18(21)27)15-3-2-14(10-23)7-16(15)22/h2-7,11-12,17,29H,8-9H2,1H3,(H,25,26,28). The predicted molar refractivity (Wildman–Crippen MR) is 102 cm³/mol. The second-order valence-electron chi connectivity index (χ2n) is 7.23. The zero-order valence-electron chi connectivity index (χ0n) is 15.6. The average molecular weight is 391 g/mol. The fourth-order valence-corrected chi connectivity index (χ4v) is 3.78. The number of imidazole rings is 1. The second kappa shape index (κ2) is 7.11. The lowest BCUT2D eigenvalue weighted by Gasteiger charge is -2.22. The van der Waals surface area contributed by atoms with Crippen molar-refractivity contribution in [2.45, 2.75) is 31.4 Å². The molecule has 1 aromatic carbocycles. The van der Waals surface area contributed by atoms with Crippen molar-refractivity contribution in [3.8, 4) is 6.07 Å². The van der Waals surface area contributed by atoms with Gasteiger partial charge in [-0.15, -0.1) is 0 Å². The van der Waals surface area contributed by atoms with E-state index in [0.29, 0.717) is 17.1 Å². The van der Waals surface area contributed by atoms with Crippen LogP contribution in [0.1, 0.15) is 41.3 Å². The van der Waals surface area contributed by atoms with Gasteiger partial charge in [0.05, 0.1) is 42.3 Å². The molecule has 8 heteroatoms. The van der Waals surface area contributed by atoms with Crippen molar-refractivity contribution < 1.29 is 14.3 Å². The highest BCUT2D eigenvalue weighted by Gasteiger charge is 2.45. The Labute approximate surface area is 166 Å². The highest BCUT2D eigenvalue weighted by atomic mass is 19.1. The first-order valence-corrected chi connectivity index (χ1v) is 9.06. The summed E-state index contributed by atoms with van der Waals surface area (Å²) in [6, 6.07) is 9.15. The third-order valence-electron chi connectivity index (χ3n) is 5.13. The number of halogens is 1. The van der Waals surface area contributed by atoms with Crippen LogP contribution in [-0.2, 0) is 10.4 Å². The van der Waals surface area contributed by atoms with E-state index in [1.54, 1.807) is 16.8 Å². The molecule has 0 spiro atoms. The van der Waals surface area contributed by atoms with Gasteiger partial charge >= 0.3 is 0 Å². The van der Waals surface area contributed by atoms with Crippen molar-refractivity contribution in [3.05, 3.63) is 77.3 Å². The molecule has 0 bridgehead atoms. The molecule has 3 aromatic rings. The molecule has 4 rings (SSSR count). The number of carbonyl (C=O) groups excluding carboxylic acids is 1. The minimum Gasteiger partial charge on any atom is -0.383 e. The van der Waals surface area contributed by atoms with Gasteiger partial charge in [-0.2, -0.15) is 5.26 Å². The summed E-state index contributed by atoms with van der Waals surface area (Å²) >= 11 is 0. The van der Waals surface area contributed by atoms with Crippen molar-refractivity contribution >= 4 is 11.7 Å². The van der Waals surface area contributed by atoms with E-state index in [0.717, 1.165) is 5.56 Å². The van der Waals surface area contributed by atoms with E-state index in [2.05, 4.69) is 15.3 Å². The van der Waals surface area contributed by atoms with Gasteiger partial charge < -0.3 is 15.0 Å². The number of rotatable bonds is 4. The molecular formula is C21H18FN5O2. The number of aryl methyl sites for hydroxylation is 1. The van der Waals surface area contributed by atoms with E-state index in [1.165, 1.54) is 30.7 Å². The van der Waals surface area contributed by atoms with Crippen molar-refractivity contribution in [1.29, 1.82) is 5.26 Å². The van der Waals surface area contributed by atoms with Crippen molar-refractivity contribution in [2.24, 2.45) is 0 Å². The van der Waals surface area contributed by atoms with Crippen LogP contribution in [0.25, 0.3) is 0 Å². The third kappa shape index (κ3) is 3.48. The van der Waals surface area contributed by atoms with Gasteiger partial charge in [0, 0.05) is 18.2 Å². The summed E-state index contributed by atoms with van der Waals surface area (Å²) in [4.78, 5) is 20.7. The number of fused-ring (bicyclic) bond motifs is 1. The maximum absolute atomic E-state index is 14.6. The molecule has 2 unspecified atom stereocenters. The zero-order valence-corrected chi connectivity index (χ0v) is 15.6. The topological polar surface area (TPSA) is 104 Å². The summed E-state index contributed by atoms with van der Waals surface area (Å²) in [7, 11) is 0. The summed E-state index contributed by atoms with van der Waals surface area (Å²) in [6.45, 7) is 1.89. The lowest BCUT2D eigenvalue weighted by molar-refractivity contribution is -0.121. The Morgan fingerprint density at radius 3 is 3.00 bits per heavy atom. The van der Waals surface area contributed by atoms with Crippen molar-refractivity contribution in [2.75, 3.05) is 5.32 Å². The Morgan fingerprint density at radius 1 is 1.45 bits per heavy atom. The average Bonchev–Trinajstić information content (AvgIpc) is 3.25. The van der Waals surface area contributed by atoms with E-state index in [4.69, 9.17) is 5.26 Å². The summed E-state index contributed by atoms with van der Waals surface area (Å²) in [5.41, 5.74) is 0.438. The number of carbonyl (C=O) groups is 1. The van der Waals surface area contributed by atoms with Gasteiger partial charge in [-0.25, -0.2) is 14.4 Å². The maximum Gasteiger partial charge on any atom is 0.228 e. The molecule has 1 aliphatic rings. The Hall–Kier alpha value is -3.57. The number of nitrogens with one attached hydrogen (secondary N) is 1. The summed E-state index contributed by atoms with van der Waals surface area (Å²) in [5, 5.41) is 22.9. The van der Waals surface area contributed by atoms with Crippen molar-refractivity contribution in [1.82, 2.24) is 14.5 Å². The van der Waals surface area contributed by atoms with Crippen LogP contribution in [0.15, 0.2) is 49.1 Å². The Morgan fingerprint density at radius 2 is 2.28 bits per heavy atom. The van der Waals surface area contributed by atoms with Gasteiger partial charge in [0.25, 0.3) is 0 Å². The first-order chi connectivity index (χ1) is 13.9. The van der Waals surface area contributed by atoms with Crippen LogP contribution < -0.4 is 5.32 Å². The molecule has 0 saturated heterocycles. The van der Waals surface area contributed by atoms with Gasteiger partial charge in [-0.1, -0.05) is 6.07 Å². The molecule has 0 fully saturated rings. The minimum atomic E-state index is -1.50. The quantitative estimate of drug-likeness (QED) is 0.712. The summed E-state index contributed by atoms with van der Waals surface area (Å²) in [5.74, 6) is -0.537. The number of nitrogens with zero attached hydrogens (tertiary/aromatic N) is 4. The summed E-state index contributed by atoms with van der Waals surface area (Å²) in [6.07, 6.45) is 4.48. The molecule has 2 N–H and O–H groups in total. The number of hydrogen-bond donors (Lipinski definition) is 2. The largest absolute Gasteiger partial charge is 0.383 e. The molecule has 1 aliphatic heterocycles. The minimum absolute atomic E-state index is 0.113. The lowest BCUT2D eigenvalue weighted by atomic mass is 9.90. The highest BCUT2D eigenvalue weighted by molar-refractivity contribution is 5.90. The van der Waals surface area contributed by atoms with Crippen LogP contribution in [0.2, 0.25) is 0 Å². The van der Waals surface area contributed by atoms with E-state index in [-0.39, 0.29) is 18.4 Å². The highest BCUT2D eigenvalue weighted by Crippen LogP contribution is 2.45. The van der Waals surface area contributed by atoms with Gasteiger partial charge in [0.1, 0.15) is 17.2 Å². The summed E-state index contributed by atoms with van der Waals surface area (Å²) < 4.78 is 16.2. The first-order valence-electron chi connectivity index (χ1n) is 9.06. The van der Waals surface area contributed by atoms with Gasteiger partial charge in [0.2, 0.25) is 5.91 Å². The Kier molecular flexibility index (Phi) is 4.60. The zero-order chi connectivity index (χ0) is 20.6. The van der Waals surface area contributed by atoms with Crippen LogP contribution >= 0.6 is 0 Å². The molecule has 0 saturated carbocycles. The monoisotopic (exact) mass is 391 g/mol. The first kappa shape index (κ1) is 18.8. The Balaban J connectivity index is 1.59.